The molecular formula is C10H14F3N2O13P3S2. The summed E-state index contributed by atoms with van der Waals surface area (Å²) >= 11 is 9.60. The number of phosphoric acid groups is 3. The first-order chi connectivity index (χ1) is 14.7. The monoisotopic (exact) mass is 584 g/mol. The van der Waals surface area contributed by atoms with Crippen molar-refractivity contribution in [2.75, 3.05) is 6.61 Å². The second-order valence-electron chi connectivity index (χ2n) is 6.20. The normalized spacial score (nSPS) is 30.0. The van der Waals surface area contributed by atoms with E-state index in [-0.39, 0.29) is 4.64 Å². The molecule has 1 aliphatic heterocycles. The maximum absolute atomic E-state index is 13.7. The lowest BCUT2D eigenvalue weighted by molar-refractivity contribution is -0.304. The van der Waals surface area contributed by atoms with Crippen molar-refractivity contribution in [3.63, 3.8) is 0 Å². The van der Waals surface area contributed by atoms with Crippen LogP contribution in [-0.2, 0) is 31.6 Å². The molecule has 2 rings (SSSR count). The Morgan fingerprint density at radius 1 is 1.15 bits per heavy atom. The first-order valence-corrected chi connectivity index (χ1v) is 13.2. The summed E-state index contributed by atoms with van der Waals surface area (Å²) < 4.78 is 90.8. The van der Waals surface area contributed by atoms with E-state index in [2.05, 4.69) is 18.1 Å². The molecule has 1 aliphatic rings. The number of ether oxygens (including phenoxy) is 1. The number of rotatable bonds is 8. The van der Waals surface area contributed by atoms with Crippen molar-refractivity contribution in [2.24, 2.45) is 0 Å². The van der Waals surface area contributed by atoms with Gasteiger partial charge < -0.3 is 39.5 Å². The Hall–Kier alpha value is -0.400. The minimum absolute atomic E-state index is 0.00885. The van der Waals surface area contributed by atoms with Gasteiger partial charge in [-0.3, -0.25) is 9.09 Å². The Morgan fingerprint density at radius 2 is 1.73 bits per heavy atom. The second kappa shape index (κ2) is 9.57. The van der Waals surface area contributed by atoms with Crippen LogP contribution < -0.4 is 0 Å². The van der Waals surface area contributed by atoms with Crippen molar-refractivity contribution in [2.45, 2.75) is 30.2 Å². The van der Waals surface area contributed by atoms with Crippen LogP contribution in [-0.4, -0.2) is 69.9 Å². The maximum Gasteiger partial charge on any atom is 0.490 e. The summed E-state index contributed by atoms with van der Waals surface area (Å²) in [5.74, 6) is 0. The highest BCUT2D eigenvalue weighted by atomic mass is 32.1. The van der Waals surface area contributed by atoms with E-state index in [9.17, 15) is 42.0 Å². The number of phosphoric ester groups is 1. The Labute approximate surface area is 190 Å². The van der Waals surface area contributed by atoms with Gasteiger partial charge in [-0.05, 0) is 18.3 Å². The predicted molar refractivity (Wildman–Crippen MR) is 101 cm³/mol. The largest absolute Gasteiger partial charge is 0.490 e. The molecule has 6 atom stereocenters. The van der Waals surface area contributed by atoms with Crippen molar-refractivity contribution in [1.82, 2.24) is 9.55 Å². The van der Waals surface area contributed by atoms with Gasteiger partial charge in [0, 0.05) is 6.20 Å². The van der Waals surface area contributed by atoms with Gasteiger partial charge in [0.1, 0.15) is 16.8 Å². The maximum atomic E-state index is 13.7. The molecule has 0 spiro atoms. The molecule has 0 saturated carbocycles. The first-order valence-electron chi connectivity index (χ1n) is 7.91. The van der Waals surface area contributed by atoms with Crippen molar-refractivity contribution in [3.05, 3.63) is 21.7 Å². The van der Waals surface area contributed by atoms with E-state index in [0.717, 1.165) is 12.3 Å². The number of aliphatic hydroxyl groups is 2. The van der Waals surface area contributed by atoms with E-state index in [0.29, 0.717) is 4.57 Å². The molecule has 1 saturated heterocycles. The Kier molecular flexibility index (Phi) is 8.36. The van der Waals surface area contributed by atoms with Gasteiger partial charge in [0.05, 0.1) is 6.61 Å². The van der Waals surface area contributed by atoms with Crippen molar-refractivity contribution in [1.29, 1.82) is 0 Å². The fraction of sp³-hybridized carbons (Fsp3) is 0.600. The van der Waals surface area contributed by atoms with Crippen molar-refractivity contribution in [3.8, 4) is 0 Å². The molecular weight excluding hydrogens is 570 g/mol. The van der Waals surface area contributed by atoms with E-state index in [1.807, 2.05) is 0 Å². The molecule has 1 aromatic heterocycles. The summed E-state index contributed by atoms with van der Waals surface area (Å²) in [5, 5.41) is 20.4. The third-order valence-corrected chi connectivity index (χ3v) is 8.21. The van der Waals surface area contributed by atoms with Gasteiger partial charge in [-0.15, -0.1) is 0 Å². The molecule has 15 nitrogen and oxygen atoms in total. The smallest absolute Gasteiger partial charge is 0.387 e. The van der Waals surface area contributed by atoms with Gasteiger partial charge in [-0.1, -0.05) is 12.2 Å². The van der Waals surface area contributed by atoms with Gasteiger partial charge in [0.2, 0.25) is 5.60 Å². The van der Waals surface area contributed by atoms with Crippen molar-refractivity contribution < 1.29 is 74.5 Å². The number of nitrogens with zero attached hydrogens (tertiary/aromatic N) is 1. The Morgan fingerprint density at radius 3 is 2.21 bits per heavy atom. The zero-order valence-corrected chi connectivity index (χ0v) is 19.7. The third-order valence-electron chi connectivity index (χ3n) is 3.86. The number of aliphatic hydroxyl groups excluding tert-OH is 1. The quantitative estimate of drug-likeness (QED) is 0.168. The number of halogens is 3. The van der Waals surface area contributed by atoms with Gasteiger partial charge in [0.15, 0.2) is 11.0 Å². The number of H-pyrrole nitrogens is 1. The van der Waals surface area contributed by atoms with E-state index in [1.54, 1.807) is 0 Å². The number of nitrogens with one attached hydrogen (secondary N) is 1. The van der Waals surface area contributed by atoms with E-state index in [1.165, 1.54) is 0 Å². The average Bonchev–Trinajstić information content (AvgIpc) is 2.82. The first kappa shape index (κ1) is 28.8. The van der Waals surface area contributed by atoms with Gasteiger partial charge in [0.25, 0.3) is 0 Å². The lowest BCUT2D eigenvalue weighted by Crippen LogP contribution is -2.57. The fourth-order valence-electron chi connectivity index (χ4n) is 2.57. The topological polar surface area (TPSA) is 230 Å². The zero-order valence-electron chi connectivity index (χ0n) is 15.4. The highest BCUT2D eigenvalue weighted by Crippen LogP contribution is 2.66. The van der Waals surface area contributed by atoms with Gasteiger partial charge >= 0.3 is 29.6 Å². The molecule has 0 aromatic carbocycles. The second-order valence-corrected chi connectivity index (χ2v) is 11.4. The standard InChI is InChI=1S/C10H14F3N2O13P3S2/c11-10(12,13)9(17)6(16)4(26-7(9)15-2-1-5(32)14-8(15)33)3-25-30(21,22)28-31(23,24)27-29(18,19)20/h1-2,4,6-7,16-17H,3H2,(H,21,22)(H,23,24)(H,14,32,33)(H2,18,19,20). The molecule has 0 aliphatic carbocycles. The van der Waals surface area contributed by atoms with Gasteiger partial charge in [-0.2, -0.15) is 21.8 Å². The molecule has 1 fully saturated rings. The van der Waals surface area contributed by atoms with Crippen LogP contribution in [0, 0.1) is 9.41 Å². The van der Waals surface area contributed by atoms with Crippen LogP contribution in [0.1, 0.15) is 6.23 Å². The zero-order chi connectivity index (χ0) is 25.6. The lowest BCUT2D eigenvalue weighted by Gasteiger charge is -2.33. The van der Waals surface area contributed by atoms with Crippen LogP contribution >= 0.6 is 47.9 Å². The van der Waals surface area contributed by atoms with Crippen LogP contribution in [0.15, 0.2) is 12.3 Å². The number of hydrogen-bond acceptors (Lipinski definition) is 11. The molecule has 0 radical (unpaired) electrons. The molecule has 0 amide bonds. The van der Waals surface area contributed by atoms with Gasteiger partial charge in [-0.25, -0.2) is 13.7 Å². The van der Waals surface area contributed by atoms with E-state index < -0.39 is 65.1 Å². The Bertz CT molecular complexity index is 1150. The fourth-order valence-corrected chi connectivity index (χ4v) is 6.09. The lowest BCUT2D eigenvalue weighted by atomic mass is 9.93. The summed E-state index contributed by atoms with van der Waals surface area (Å²) in [4.78, 5) is 37.7. The van der Waals surface area contributed by atoms with Crippen LogP contribution in [0.3, 0.4) is 0 Å². The number of aromatic amines is 1. The molecule has 0 bridgehead atoms. The summed E-state index contributed by atoms with van der Waals surface area (Å²) in [5.41, 5.74) is -4.04. The summed E-state index contributed by atoms with van der Waals surface area (Å²) in [7, 11) is -17.3. The minimum atomic E-state index is -5.90. The average molecular weight is 584 g/mol. The van der Waals surface area contributed by atoms with Crippen LogP contribution in [0.4, 0.5) is 13.2 Å². The molecule has 7 N–H and O–H groups in total. The minimum Gasteiger partial charge on any atom is -0.387 e. The SMILES string of the molecule is O=P(O)(O)OP(=O)(O)OP(=O)(O)OCC1OC(n2ccc(=S)[nH]c2=S)C(O)(C(F)(F)F)C1O. The summed E-state index contributed by atoms with van der Waals surface area (Å²) in [6.45, 7) is -1.46. The number of alkyl halides is 3. The molecule has 6 unspecified atom stereocenters. The van der Waals surface area contributed by atoms with Crippen LogP contribution in [0.5, 0.6) is 0 Å². The van der Waals surface area contributed by atoms with Crippen molar-refractivity contribution >= 4 is 47.9 Å². The molecule has 33 heavy (non-hydrogen) atoms. The molecule has 1 aromatic rings. The molecule has 190 valence electrons. The van der Waals surface area contributed by atoms with E-state index in [4.69, 9.17) is 43.9 Å². The van der Waals surface area contributed by atoms with Crippen LogP contribution in [0.25, 0.3) is 0 Å². The highest BCUT2D eigenvalue weighted by molar-refractivity contribution is 7.72. The number of hydrogen-bond donors (Lipinski definition) is 7. The third kappa shape index (κ3) is 6.84. The molecule has 23 heteroatoms. The number of aromatic nitrogens is 2. The molecule has 2 heterocycles. The van der Waals surface area contributed by atoms with Crippen LogP contribution in [0.2, 0.25) is 0 Å². The highest BCUT2D eigenvalue weighted by Gasteiger charge is 2.71. The summed E-state index contributed by atoms with van der Waals surface area (Å²) in [6, 6.07) is 1.08. The Balaban J connectivity index is 2.29. The van der Waals surface area contributed by atoms with E-state index >= 15 is 0 Å². The summed E-state index contributed by atoms with van der Waals surface area (Å²) in [6.07, 6.45) is -12.2. The predicted octanol–water partition coefficient (Wildman–Crippen LogP) is 1.17.